The Morgan fingerprint density at radius 1 is 1.07 bits per heavy atom. The van der Waals surface area contributed by atoms with Crippen molar-refractivity contribution in [2.75, 3.05) is 26.4 Å². The van der Waals surface area contributed by atoms with Gasteiger partial charge in [-0.1, -0.05) is 18.2 Å². The summed E-state index contributed by atoms with van der Waals surface area (Å²) >= 11 is 0. The van der Waals surface area contributed by atoms with Gasteiger partial charge in [-0.25, -0.2) is 4.68 Å². The van der Waals surface area contributed by atoms with E-state index in [-0.39, 0.29) is 23.8 Å². The van der Waals surface area contributed by atoms with Crippen molar-refractivity contribution in [1.29, 1.82) is 5.26 Å². The summed E-state index contributed by atoms with van der Waals surface area (Å²) in [6, 6.07) is 17.2. The number of hydrogen-bond donors (Lipinski definition) is 0. The first-order valence-corrected chi connectivity index (χ1v) is 13.2. The van der Waals surface area contributed by atoms with Crippen molar-refractivity contribution in [3.63, 3.8) is 0 Å². The summed E-state index contributed by atoms with van der Waals surface area (Å²) in [5.74, 6) is 0.242. The Bertz CT molecular complexity index is 1550. The molecule has 2 aliphatic heterocycles. The molecule has 2 aliphatic rings. The van der Waals surface area contributed by atoms with Crippen LogP contribution in [0.15, 0.2) is 71.4 Å². The van der Waals surface area contributed by atoms with Crippen molar-refractivity contribution in [1.82, 2.24) is 14.7 Å². The maximum Gasteiger partial charge on any atom is 0.271 e. The molecular weight excluding hydrogens is 508 g/mol. The van der Waals surface area contributed by atoms with Gasteiger partial charge in [0.15, 0.2) is 11.5 Å². The number of para-hydroxylation sites is 1. The molecule has 0 unspecified atom stereocenters. The lowest BCUT2D eigenvalue weighted by atomic mass is 9.93. The Morgan fingerprint density at radius 2 is 1.82 bits per heavy atom. The van der Waals surface area contributed by atoms with E-state index >= 15 is 0 Å². The van der Waals surface area contributed by atoms with E-state index in [9.17, 15) is 14.9 Å². The van der Waals surface area contributed by atoms with E-state index in [2.05, 4.69) is 0 Å². The first kappa shape index (κ1) is 26.9. The molecule has 0 N–H and O–H groups in total. The predicted molar refractivity (Wildman–Crippen MR) is 149 cm³/mol. The summed E-state index contributed by atoms with van der Waals surface area (Å²) < 4.78 is 18.8. The third-order valence-electron chi connectivity index (χ3n) is 6.68. The van der Waals surface area contributed by atoms with E-state index in [0.29, 0.717) is 54.6 Å². The number of imide groups is 1. The Morgan fingerprint density at radius 3 is 2.55 bits per heavy atom. The summed E-state index contributed by atoms with van der Waals surface area (Å²) in [7, 11) is 0. The molecule has 9 heteroatoms. The molecule has 0 atom stereocenters. The van der Waals surface area contributed by atoms with Crippen LogP contribution in [0.3, 0.4) is 0 Å². The van der Waals surface area contributed by atoms with Crippen LogP contribution in [-0.4, -0.2) is 59.0 Å². The molecule has 0 saturated carbocycles. The van der Waals surface area contributed by atoms with E-state index < -0.39 is 11.8 Å². The van der Waals surface area contributed by atoms with Crippen LogP contribution in [0.1, 0.15) is 32.8 Å². The molecule has 40 heavy (non-hydrogen) atoms. The normalized spacial score (nSPS) is 16.2. The van der Waals surface area contributed by atoms with Gasteiger partial charge in [-0.15, -0.1) is 0 Å². The van der Waals surface area contributed by atoms with Gasteiger partial charge in [0, 0.05) is 36.0 Å². The number of fused-ring (bicyclic) bond motifs is 1. The molecule has 0 saturated heterocycles. The van der Waals surface area contributed by atoms with Gasteiger partial charge in [0.2, 0.25) is 0 Å². The third kappa shape index (κ3) is 5.40. The van der Waals surface area contributed by atoms with Gasteiger partial charge >= 0.3 is 0 Å². The molecule has 0 spiro atoms. The first-order valence-electron chi connectivity index (χ1n) is 13.2. The maximum atomic E-state index is 13.6. The highest BCUT2D eigenvalue weighted by atomic mass is 16.6. The molecule has 9 nitrogen and oxygen atoms in total. The van der Waals surface area contributed by atoms with Crippen LogP contribution >= 0.6 is 0 Å². The molecule has 5 rings (SSSR count). The van der Waals surface area contributed by atoms with Gasteiger partial charge in [-0.3, -0.25) is 14.5 Å². The highest BCUT2D eigenvalue weighted by Gasteiger charge is 2.35. The molecule has 204 valence electrons. The number of benzene rings is 2. The fourth-order valence-corrected chi connectivity index (χ4v) is 4.65. The van der Waals surface area contributed by atoms with Crippen molar-refractivity contribution < 1.29 is 23.8 Å². The van der Waals surface area contributed by atoms with Gasteiger partial charge in [0.25, 0.3) is 11.8 Å². The smallest absolute Gasteiger partial charge is 0.271 e. The SMILES string of the molecule is CC1=C(C#N)C(=O)N(CCCOC(C)C)C(=O)/C1=C/c1cn(-c2ccccc2)nc1-c1ccc2c(c1)OCCO2. The summed E-state index contributed by atoms with van der Waals surface area (Å²) in [6.07, 6.45) is 4.05. The lowest BCUT2D eigenvalue weighted by Gasteiger charge is -2.27. The third-order valence-corrected chi connectivity index (χ3v) is 6.68. The van der Waals surface area contributed by atoms with Crippen molar-refractivity contribution in [2.45, 2.75) is 33.3 Å². The Labute approximate surface area is 232 Å². The van der Waals surface area contributed by atoms with Crippen molar-refractivity contribution in [3.8, 4) is 34.5 Å². The zero-order valence-corrected chi connectivity index (χ0v) is 22.7. The fraction of sp³-hybridized carbons (Fsp3) is 0.290. The molecule has 3 aromatic rings. The Kier molecular flexibility index (Phi) is 7.80. The number of rotatable bonds is 8. The monoisotopic (exact) mass is 538 g/mol. The number of carbonyl (C=O) groups excluding carboxylic acids is 2. The van der Waals surface area contributed by atoms with Crippen LogP contribution in [0.25, 0.3) is 23.0 Å². The fourth-order valence-electron chi connectivity index (χ4n) is 4.65. The quantitative estimate of drug-likeness (QED) is 0.232. The molecule has 3 heterocycles. The first-order chi connectivity index (χ1) is 19.4. The van der Waals surface area contributed by atoms with Crippen molar-refractivity contribution in [3.05, 3.63) is 77.0 Å². The predicted octanol–water partition coefficient (Wildman–Crippen LogP) is 4.72. The Balaban J connectivity index is 1.59. The van der Waals surface area contributed by atoms with Gasteiger partial charge in [-0.2, -0.15) is 10.4 Å². The van der Waals surface area contributed by atoms with Crippen molar-refractivity contribution >= 4 is 17.9 Å². The van der Waals surface area contributed by atoms with E-state index in [1.165, 1.54) is 0 Å². The van der Waals surface area contributed by atoms with Crippen LogP contribution in [-0.2, 0) is 14.3 Å². The summed E-state index contributed by atoms with van der Waals surface area (Å²) in [4.78, 5) is 27.8. The van der Waals surface area contributed by atoms with Crippen LogP contribution < -0.4 is 9.47 Å². The zero-order valence-electron chi connectivity index (χ0n) is 22.7. The molecule has 0 aliphatic carbocycles. The number of aromatic nitrogens is 2. The highest BCUT2D eigenvalue weighted by molar-refractivity contribution is 6.19. The van der Waals surface area contributed by atoms with E-state index in [0.717, 1.165) is 16.2 Å². The van der Waals surface area contributed by atoms with Crippen molar-refractivity contribution in [2.24, 2.45) is 0 Å². The standard InChI is InChI=1S/C31H30N4O5/c1-20(2)38-13-7-12-34-30(36)25(21(3)26(18-32)31(34)37)16-23-19-35(24-8-5-4-6-9-24)33-29(23)22-10-11-27-28(17-22)40-15-14-39-27/h4-6,8-11,16-17,19-20H,7,12-15H2,1-3H3/b25-16+. The lowest BCUT2D eigenvalue weighted by molar-refractivity contribution is -0.140. The molecule has 0 bridgehead atoms. The Hall–Kier alpha value is -4.68. The minimum absolute atomic E-state index is 0.0418. The summed E-state index contributed by atoms with van der Waals surface area (Å²) in [6.45, 7) is 6.97. The van der Waals surface area contributed by atoms with Gasteiger partial charge in [-0.05, 0) is 69.2 Å². The molecule has 2 aromatic carbocycles. The molecule has 0 radical (unpaired) electrons. The minimum Gasteiger partial charge on any atom is -0.486 e. The number of ether oxygens (including phenoxy) is 3. The van der Waals surface area contributed by atoms with E-state index in [4.69, 9.17) is 19.3 Å². The number of hydrogen-bond acceptors (Lipinski definition) is 7. The summed E-state index contributed by atoms with van der Waals surface area (Å²) in [5, 5.41) is 14.7. The maximum absolute atomic E-state index is 13.6. The van der Waals surface area contributed by atoms with Crippen LogP contribution in [0, 0.1) is 11.3 Å². The average molecular weight is 539 g/mol. The molecule has 1 aromatic heterocycles. The van der Waals surface area contributed by atoms with Crippen LogP contribution in [0.5, 0.6) is 11.5 Å². The zero-order chi connectivity index (χ0) is 28.2. The van der Waals surface area contributed by atoms with E-state index in [1.54, 1.807) is 17.7 Å². The summed E-state index contributed by atoms with van der Waals surface area (Å²) in [5.41, 5.74) is 3.44. The van der Waals surface area contributed by atoms with Crippen LogP contribution in [0.4, 0.5) is 0 Å². The second-order valence-electron chi connectivity index (χ2n) is 9.78. The average Bonchev–Trinajstić information content (AvgIpc) is 3.39. The lowest BCUT2D eigenvalue weighted by Crippen LogP contribution is -2.43. The molecule has 2 amide bonds. The molecule has 0 fully saturated rings. The second-order valence-corrected chi connectivity index (χ2v) is 9.78. The number of nitrogens with zero attached hydrogens (tertiary/aromatic N) is 4. The highest BCUT2D eigenvalue weighted by Crippen LogP contribution is 2.37. The number of carbonyl (C=O) groups is 2. The minimum atomic E-state index is -0.585. The number of amides is 2. The topological polar surface area (TPSA) is 107 Å². The van der Waals surface area contributed by atoms with Gasteiger partial charge < -0.3 is 14.2 Å². The van der Waals surface area contributed by atoms with Gasteiger partial charge in [0.1, 0.15) is 30.6 Å². The van der Waals surface area contributed by atoms with Crippen LogP contribution in [0.2, 0.25) is 0 Å². The number of nitriles is 1. The largest absolute Gasteiger partial charge is 0.486 e. The molecular formula is C31H30N4O5. The van der Waals surface area contributed by atoms with E-state index in [1.807, 2.05) is 74.6 Å². The van der Waals surface area contributed by atoms with Gasteiger partial charge in [0.05, 0.1) is 11.8 Å². The second kappa shape index (κ2) is 11.6.